The Bertz CT molecular complexity index is 676. The monoisotopic (exact) mass is 307 g/mol. The molecule has 0 unspecified atom stereocenters. The Kier molecular flexibility index (Phi) is 3.94. The van der Waals surface area contributed by atoms with Crippen molar-refractivity contribution in [2.45, 2.75) is 0 Å². The van der Waals surface area contributed by atoms with Gasteiger partial charge in [-0.05, 0) is 29.9 Å². The normalized spacial score (nSPS) is 14.3. The van der Waals surface area contributed by atoms with Crippen molar-refractivity contribution in [2.24, 2.45) is 0 Å². The number of benzene rings is 1. The minimum atomic E-state index is -0.665. The van der Waals surface area contributed by atoms with Crippen LogP contribution in [0.2, 0.25) is 0 Å². The number of thiocarbonyl (C=S) groups is 1. The van der Waals surface area contributed by atoms with Crippen LogP contribution in [0.4, 0.5) is 5.69 Å². The van der Waals surface area contributed by atoms with E-state index in [1.165, 1.54) is 31.4 Å². The van der Waals surface area contributed by atoms with Gasteiger partial charge in [-0.15, -0.1) is 0 Å². The zero-order valence-corrected chi connectivity index (χ0v) is 11.5. The van der Waals surface area contributed by atoms with Gasteiger partial charge in [0.15, 0.2) is 10.9 Å². The second-order valence-corrected chi connectivity index (χ2v) is 4.39. The summed E-state index contributed by atoms with van der Waals surface area (Å²) in [5.41, 5.74) is -0.141. The predicted octanol–water partition coefficient (Wildman–Crippen LogP) is 0.518. The Morgan fingerprint density at radius 2 is 1.90 bits per heavy atom. The highest BCUT2D eigenvalue weighted by Crippen LogP contribution is 2.28. The second-order valence-electron chi connectivity index (χ2n) is 3.98. The Morgan fingerprint density at radius 3 is 2.43 bits per heavy atom. The van der Waals surface area contributed by atoms with E-state index in [1.807, 2.05) is 0 Å². The molecule has 0 aliphatic carbocycles. The van der Waals surface area contributed by atoms with E-state index in [0.717, 1.165) is 0 Å². The molecule has 0 bridgehead atoms. The summed E-state index contributed by atoms with van der Waals surface area (Å²) in [6, 6.07) is 4.08. The highest BCUT2D eigenvalue weighted by Gasteiger charge is 2.26. The lowest BCUT2D eigenvalue weighted by Crippen LogP contribution is -2.51. The lowest BCUT2D eigenvalue weighted by molar-refractivity contribution is -0.385. The quantitative estimate of drug-likeness (QED) is 0.277. The van der Waals surface area contributed by atoms with Gasteiger partial charge in [-0.2, -0.15) is 0 Å². The molecule has 1 aromatic carbocycles. The SMILES string of the molecule is COc1ccc(C=C2C(=O)NC(=S)NC2=O)cc1[N+](=O)[O-]. The van der Waals surface area contributed by atoms with E-state index in [9.17, 15) is 19.7 Å². The zero-order chi connectivity index (χ0) is 15.6. The van der Waals surface area contributed by atoms with Crippen LogP contribution in [0.1, 0.15) is 5.56 Å². The number of amides is 2. The number of nitro benzene ring substituents is 1. The Labute approximate surface area is 123 Å². The molecule has 0 saturated carbocycles. The highest BCUT2D eigenvalue weighted by molar-refractivity contribution is 7.80. The lowest BCUT2D eigenvalue weighted by Gasteiger charge is -2.16. The number of rotatable bonds is 3. The largest absolute Gasteiger partial charge is 0.490 e. The Hall–Kier alpha value is -2.81. The van der Waals surface area contributed by atoms with Crippen molar-refractivity contribution >= 4 is 40.9 Å². The minimum absolute atomic E-state index is 0.0807. The average molecular weight is 307 g/mol. The summed E-state index contributed by atoms with van der Waals surface area (Å²) in [6.07, 6.45) is 1.23. The van der Waals surface area contributed by atoms with Crippen LogP contribution in [-0.4, -0.2) is 29.0 Å². The molecule has 1 aliphatic heterocycles. The molecular weight excluding hydrogens is 298 g/mol. The summed E-state index contributed by atoms with van der Waals surface area (Å²) >= 11 is 4.67. The summed E-state index contributed by atoms with van der Waals surface area (Å²) in [5, 5.41) is 15.4. The molecule has 9 heteroatoms. The fourth-order valence-corrected chi connectivity index (χ4v) is 1.90. The van der Waals surface area contributed by atoms with Crippen LogP contribution in [0.3, 0.4) is 0 Å². The highest BCUT2D eigenvalue weighted by atomic mass is 32.1. The summed E-state index contributed by atoms with van der Waals surface area (Å²) in [5.74, 6) is -1.25. The predicted molar refractivity (Wildman–Crippen MR) is 76.5 cm³/mol. The van der Waals surface area contributed by atoms with Gasteiger partial charge in [-0.1, -0.05) is 6.07 Å². The van der Waals surface area contributed by atoms with E-state index < -0.39 is 16.7 Å². The Morgan fingerprint density at radius 1 is 1.29 bits per heavy atom. The number of methoxy groups -OCH3 is 1. The maximum Gasteiger partial charge on any atom is 0.311 e. The van der Waals surface area contributed by atoms with Crippen LogP contribution in [0, 0.1) is 10.1 Å². The van der Waals surface area contributed by atoms with E-state index in [2.05, 4.69) is 22.9 Å². The van der Waals surface area contributed by atoms with E-state index in [0.29, 0.717) is 5.56 Å². The number of hydrogen-bond donors (Lipinski definition) is 2. The van der Waals surface area contributed by atoms with Crippen molar-refractivity contribution in [3.8, 4) is 5.75 Å². The molecule has 2 amide bonds. The summed E-state index contributed by atoms with van der Waals surface area (Å²) in [6.45, 7) is 0. The van der Waals surface area contributed by atoms with Crippen molar-refractivity contribution in [2.75, 3.05) is 7.11 Å². The van der Waals surface area contributed by atoms with Gasteiger partial charge in [0.1, 0.15) is 5.57 Å². The molecule has 1 aliphatic rings. The fraction of sp³-hybridized carbons (Fsp3) is 0.0833. The maximum atomic E-state index is 11.7. The standard InChI is InChI=1S/C12H9N3O5S/c1-20-9-3-2-6(5-8(9)15(18)19)4-7-10(16)13-12(21)14-11(7)17/h2-5H,1H3,(H2,13,14,16,17,21). The molecule has 8 nitrogen and oxygen atoms in total. The van der Waals surface area contributed by atoms with Crippen LogP contribution < -0.4 is 15.4 Å². The number of nitrogens with one attached hydrogen (secondary N) is 2. The number of carbonyl (C=O) groups excluding carboxylic acids is 2. The molecular formula is C12H9N3O5S. The van der Waals surface area contributed by atoms with Gasteiger partial charge in [0.2, 0.25) is 0 Å². The molecule has 1 fully saturated rings. The van der Waals surface area contributed by atoms with Gasteiger partial charge >= 0.3 is 5.69 Å². The van der Waals surface area contributed by atoms with E-state index in [-0.39, 0.29) is 22.1 Å². The van der Waals surface area contributed by atoms with Gasteiger partial charge in [-0.3, -0.25) is 30.3 Å². The minimum Gasteiger partial charge on any atom is -0.490 e. The van der Waals surface area contributed by atoms with E-state index >= 15 is 0 Å². The van der Waals surface area contributed by atoms with Crippen LogP contribution in [0.25, 0.3) is 6.08 Å². The molecule has 2 rings (SSSR count). The number of carbonyl (C=O) groups is 2. The fourth-order valence-electron chi connectivity index (χ4n) is 1.71. The van der Waals surface area contributed by atoms with Crippen LogP contribution in [-0.2, 0) is 9.59 Å². The summed E-state index contributed by atoms with van der Waals surface area (Å²) < 4.78 is 4.87. The molecule has 2 N–H and O–H groups in total. The molecule has 1 saturated heterocycles. The van der Waals surface area contributed by atoms with Gasteiger partial charge in [0.05, 0.1) is 12.0 Å². The van der Waals surface area contributed by atoms with Crippen molar-refractivity contribution in [3.05, 3.63) is 39.4 Å². The van der Waals surface area contributed by atoms with Crippen molar-refractivity contribution < 1.29 is 19.2 Å². The smallest absolute Gasteiger partial charge is 0.311 e. The molecule has 1 heterocycles. The molecule has 1 aromatic rings. The van der Waals surface area contributed by atoms with Crippen LogP contribution in [0.15, 0.2) is 23.8 Å². The third-order valence-corrected chi connectivity index (χ3v) is 2.86. The number of ether oxygens (including phenoxy) is 1. The third-order valence-electron chi connectivity index (χ3n) is 2.65. The summed E-state index contributed by atoms with van der Waals surface area (Å²) in [4.78, 5) is 33.7. The van der Waals surface area contributed by atoms with E-state index in [1.54, 1.807) is 0 Å². The number of hydrogen-bond acceptors (Lipinski definition) is 6. The Balaban J connectivity index is 2.43. The van der Waals surface area contributed by atoms with Gasteiger partial charge in [0, 0.05) is 6.07 Å². The first-order valence-corrected chi connectivity index (χ1v) is 6.04. The molecule has 108 valence electrons. The second kappa shape index (κ2) is 5.67. The average Bonchev–Trinajstić information content (AvgIpc) is 2.42. The first kappa shape index (κ1) is 14.6. The van der Waals surface area contributed by atoms with Crippen molar-refractivity contribution in [3.63, 3.8) is 0 Å². The van der Waals surface area contributed by atoms with Gasteiger partial charge < -0.3 is 4.74 Å². The molecule has 0 spiro atoms. The summed E-state index contributed by atoms with van der Waals surface area (Å²) in [7, 11) is 1.31. The molecule has 21 heavy (non-hydrogen) atoms. The third kappa shape index (κ3) is 3.03. The van der Waals surface area contributed by atoms with Crippen LogP contribution >= 0.6 is 12.2 Å². The molecule has 0 radical (unpaired) electrons. The molecule has 0 atom stereocenters. The topological polar surface area (TPSA) is 111 Å². The first-order chi connectivity index (χ1) is 9.92. The lowest BCUT2D eigenvalue weighted by atomic mass is 10.1. The van der Waals surface area contributed by atoms with E-state index in [4.69, 9.17) is 4.74 Å². The van der Waals surface area contributed by atoms with Crippen molar-refractivity contribution in [1.82, 2.24) is 10.6 Å². The first-order valence-electron chi connectivity index (χ1n) is 5.63. The zero-order valence-electron chi connectivity index (χ0n) is 10.7. The number of nitro groups is 1. The van der Waals surface area contributed by atoms with Crippen molar-refractivity contribution in [1.29, 1.82) is 0 Å². The number of nitrogens with zero attached hydrogens (tertiary/aromatic N) is 1. The van der Waals surface area contributed by atoms with Gasteiger partial charge in [0.25, 0.3) is 11.8 Å². The van der Waals surface area contributed by atoms with Crippen LogP contribution in [0.5, 0.6) is 5.75 Å². The molecule has 0 aromatic heterocycles. The van der Waals surface area contributed by atoms with Gasteiger partial charge in [-0.25, -0.2) is 0 Å². The maximum absolute atomic E-state index is 11.7.